The summed E-state index contributed by atoms with van der Waals surface area (Å²) in [6, 6.07) is 7.50. The van der Waals surface area contributed by atoms with Gasteiger partial charge in [0.25, 0.3) is 0 Å². The van der Waals surface area contributed by atoms with E-state index < -0.39 is 17.5 Å². The Kier molecular flexibility index (Phi) is 4.10. The number of halogens is 1. The lowest BCUT2D eigenvalue weighted by Crippen LogP contribution is -2.40. The Labute approximate surface area is 104 Å². The molecule has 0 aromatic heterocycles. The Hall–Kier alpha value is -0.870. The minimum Gasteiger partial charge on any atom is -0.467 e. The van der Waals surface area contributed by atoms with E-state index in [0.29, 0.717) is 0 Å². The first-order valence-corrected chi connectivity index (χ1v) is 5.71. The zero-order valence-electron chi connectivity index (χ0n) is 9.53. The van der Waals surface area contributed by atoms with E-state index in [9.17, 15) is 9.90 Å². The minimum absolute atomic E-state index is 0.624. The van der Waals surface area contributed by atoms with E-state index in [2.05, 4.69) is 20.7 Å². The molecule has 4 heteroatoms. The van der Waals surface area contributed by atoms with Gasteiger partial charge in [0, 0.05) is 9.89 Å². The SMILES string of the molecule is COC(=O)C(O)C(C)(C)c1ccccc1Br. The number of rotatable bonds is 3. The third-order valence-electron chi connectivity index (χ3n) is 2.68. The van der Waals surface area contributed by atoms with Gasteiger partial charge in [-0.15, -0.1) is 0 Å². The largest absolute Gasteiger partial charge is 0.467 e. The molecule has 0 aliphatic rings. The molecule has 1 rings (SSSR count). The van der Waals surface area contributed by atoms with Crippen molar-refractivity contribution in [2.45, 2.75) is 25.4 Å². The number of hydrogen-bond donors (Lipinski definition) is 1. The molecule has 0 aliphatic heterocycles. The molecule has 0 fully saturated rings. The van der Waals surface area contributed by atoms with Gasteiger partial charge in [0.05, 0.1) is 7.11 Å². The number of ether oxygens (including phenoxy) is 1. The summed E-state index contributed by atoms with van der Waals surface area (Å²) in [6.45, 7) is 3.60. The summed E-state index contributed by atoms with van der Waals surface area (Å²) in [5.41, 5.74) is 0.167. The summed E-state index contributed by atoms with van der Waals surface area (Å²) in [7, 11) is 1.27. The van der Waals surface area contributed by atoms with Gasteiger partial charge >= 0.3 is 5.97 Å². The molecule has 1 atom stereocenters. The average molecular weight is 287 g/mol. The number of esters is 1. The Morgan fingerprint density at radius 1 is 1.44 bits per heavy atom. The standard InChI is InChI=1S/C12H15BrO3/c1-12(2,10(14)11(15)16-3)8-6-4-5-7-9(8)13/h4-7,10,14H,1-3H3. The molecule has 16 heavy (non-hydrogen) atoms. The van der Waals surface area contributed by atoms with Gasteiger partial charge in [0.2, 0.25) is 0 Å². The quantitative estimate of drug-likeness (QED) is 0.867. The molecular weight excluding hydrogens is 272 g/mol. The lowest BCUT2D eigenvalue weighted by atomic mass is 9.79. The van der Waals surface area contributed by atoms with E-state index in [1.807, 2.05) is 24.3 Å². The molecule has 0 spiro atoms. The van der Waals surface area contributed by atoms with Crippen LogP contribution in [0, 0.1) is 0 Å². The van der Waals surface area contributed by atoms with Crippen LogP contribution in [0.2, 0.25) is 0 Å². The third-order valence-corrected chi connectivity index (χ3v) is 3.37. The van der Waals surface area contributed by atoms with Crippen molar-refractivity contribution in [1.29, 1.82) is 0 Å². The highest BCUT2D eigenvalue weighted by molar-refractivity contribution is 9.10. The highest BCUT2D eigenvalue weighted by Crippen LogP contribution is 2.33. The van der Waals surface area contributed by atoms with Crippen LogP contribution in [0.1, 0.15) is 19.4 Å². The summed E-state index contributed by atoms with van der Waals surface area (Å²) >= 11 is 3.41. The molecule has 1 unspecified atom stereocenters. The van der Waals surface area contributed by atoms with Crippen LogP contribution in [-0.4, -0.2) is 24.3 Å². The molecule has 0 heterocycles. The van der Waals surface area contributed by atoms with Gasteiger partial charge in [-0.3, -0.25) is 0 Å². The van der Waals surface area contributed by atoms with Gasteiger partial charge in [0.1, 0.15) is 0 Å². The van der Waals surface area contributed by atoms with E-state index in [0.717, 1.165) is 10.0 Å². The zero-order chi connectivity index (χ0) is 12.3. The normalized spacial score (nSPS) is 13.3. The van der Waals surface area contributed by atoms with Gasteiger partial charge in [-0.25, -0.2) is 4.79 Å². The number of carbonyl (C=O) groups is 1. The Morgan fingerprint density at radius 3 is 2.50 bits per heavy atom. The summed E-state index contributed by atoms with van der Waals surface area (Å²) < 4.78 is 5.42. The second kappa shape index (κ2) is 4.97. The van der Waals surface area contributed by atoms with E-state index in [-0.39, 0.29) is 0 Å². The van der Waals surface area contributed by atoms with Crippen LogP contribution in [0.15, 0.2) is 28.7 Å². The van der Waals surface area contributed by atoms with Crippen molar-refractivity contribution < 1.29 is 14.6 Å². The maximum Gasteiger partial charge on any atom is 0.335 e. The van der Waals surface area contributed by atoms with E-state index in [4.69, 9.17) is 0 Å². The molecule has 0 saturated heterocycles. The summed E-state index contributed by atoms with van der Waals surface area (Å²) in [5.74, 6) is -0.624. The average Bonchev–Trinajstić information content (AvgIpc) is 2.27. The number of hydrogen-bond acceptors (Lipinski definition) is 3. The van der Waals surface area contributed by atoms with Crippen LogP contribution in [0.25, 0.3) is 0 Å². The molecule has 0 bridgehead atoms. The van der Waals surface area contributed by atoms with Crippen molar-refractivity contribution in [3.05, 3.63) is 34.3 Å². The first-order valence-electron chi connectivity index (χ1n) is 4.92. The summed E-state index contributed by atoms with van der Waals surface area (Å²) in [4.78, 5) is 11.4. The number of methoxy groups -OCH3 is 1. The second-order valence-electron chi connectivity index (χ2n) is 4.13. The Balaban J connectivity index is 3.11. The second-order valence-corrected chi connectivity index (χ2v) is 4.98. The van der Waals surface area contributed by atoms with Crippen molar-refractivity contribution >= 4 is 21.9 Å². The van der Waals surface area contributed by atoms with Crippen LogP contribution >= 0.6 is 15.9 Å². The smallest absolute Gasteiger partial charge is 0.335 e. The molecular formula is C12H15BrO3. The molecule has 88 valence electrons. The van der Waals surface area contributed by atoms with Crippen molar-refractivity contribution in [1.82, 2.24) is 0 Å². The van der Waals surface area contributed by atoms with Crippen LogP contribution in [0.4, 0.5) is 0 Å². The van der Waals surface area contributed by atoms with E-state index in [1.165, 1.54) is 7.11 Å². The monoisotopic (exact) mass is 286 g/mol. The molecule has 1 N–H and O–H groups in total. The minimum atomic E-state index is -1.18. The number of aliphatic hydroxyl groups excluding tert-OH is 1. The highest BCUT2D eigenvalue weighted by atomic mass is 79.9. The predicted octanol–water partition coefficient (Wildman–Crippen LogP) is 2.26. The maximum atomic E-state index is 11.4. The molecule has 3 nitrogen and oxygen atoms in total. The molecule has 0 saturated carbocycles. The first kappa shape index (κ1) is 13.2. The summed E-state index contributed by atoms with van der Waals surface area (Å²) in [5, 5.41) is 9.93. The summed E-state index contributed by atoms with van der Waals surface area (Å²) in [6.07, 6.45) is -1.18. The van der Waals surface area contributed by atoms with Crippen LogP contribution in [0.3, 0.4) is 0 Å². The Bertz CT molecular complexity index is 388. The lowest BCUT2D eigenvalue weighted by Gasteiger charge is -2.30. The van der Waals surface area contributed by atoms with Crippen LogP contribution < -0.4 is 0 Å². The maximum absolute atomic E-state index is 11.4. The van der Waals surface area contributed by atoms with Crippen molar-refractivity contribution in [3.8, 4) is 0 Å². The molecule has 1 aromatic rings. The van der Waals surface area contributed by atoms with Gasteiger partial charge < -0.3 is 9.84 Å². The van der Waals surface area contributed by atoms with Gasteiger partial charge in [-0.1, -0.05) is 48.0 Å². The van der Waals surface area contributed by atoms with Crippen molar-refractivity contribution in [2.24, 2.45) is 0 Å². The van der Waals surface area contributed by atoms with Gasteiger partial charge in [-0.2, -0.15) is 0 Å². The van der Waals surface area contributed by atoms with Crippen LogP contribution in [-0.2, 0) is 14.9 Å². The van der Waals surface area contributed by atoms with E-state index >= 15 is 0 Å². The number of benzene rings is 1. The molecule has 1 aromatic carbocycles. The highest BCUT2D eigenvalue weighted by Gasteiger charge is 2.37. The van der Waals surface area contributed by atoms with Crippen molar-refractivity contribution in [2.75, 3.05) is 7.11 Å². The Morgan fingerprint density at radius 2 is 2.00 bits per heavy atom. The topological polar surface area (TPSA) is 46.5 Å². The fourth-order valence-corrected chi connectivity index (χ4v) is 2.33. The molecule has 0 radical (unpaired) electrons. The fraction of sp³-hybridized carbons (Fsp3) is 0.417. The number of carbonyl (C=O) groups excluding carboxylic acids is 1. The molecule has 0 amide bonds. The van der Waals surface area contributed by atoms with Gasteiger partial charge in [-0.05, 0) is 11.6 Å². The lowest BCUT2D eigenvalue weighted by molar-refractivity contribution is -0.153. The van der Waals surface area contributed by atoms with Crippen LogP contribution in [0.5, 0.6) is 0 Å². The third kappa shape index (κ3) is 2.44. The first-order chi connectivity index (χ1) is 7.41. The van der Waals surface area contributed by atoms with Gasteiger partial charge in [0.15, 0.2) is 6.10 Å². The predicted molar refractivity (Wildman–Crippen MR) is 65.2 cm³/mol. The fourth-order valence-electron chi connectivity index (χ4n) is 1.54. The molecule has 0 aliphatic carbocycles. The van der Waals surface area contributed by atoms with Crippen molar-refractivity contribution in [3.63, 3.8) is 0 Å². The zero-order valence-corrected chi connectivity index (χ0v) is 11.1. The van der Waals surface area contributed by atoms with E-state index in [1.54, 1.807) is 13.8 Å². The number of aliphatic hydroxyl groups is 1.